The maximum Gasteiger partial charge on any atom is 0.349 e. The number of amides is 1. The first-order chi connectivity index (χ1) is 19.2. The number of nitrogens with one attached hydrogen (secondary N) is 1. The van der Waals surface area contributed by atoms with E-state index in [0.29, 0.717) is 53.5 Å². The minimum absolute atomic E-state index is 0.0906. The first-order valence-electron chi connectivity index (χ1n) is 13.6. The number of rotatable bonds is 7. The molecule has 2 N–H and O–H groups in total. The van der Waals surface area contributed by atoms with Crippen LogP contribution < -0.4 is 15.9 Å². The third kappa shape index (κ3) is 5.40. The van der Waals surface area contributed by atoms with Gasteiger partial charge >= 0.3 is 5.69 Å². The number of hydrogen-bond donors (Lipinski definition) is 2. The highest BCUT2D eigenvalue weighted by molar-refractivity contribution is 6.29. The second-order valence-corrected chi connectivity index (χ2v) is 10.8. The third-order valence-electron chi connectivity index (χ3n) is 7.94. The summed E-state index contributed by atoms with van der Waals surface area (Å²) < 4.78 is 15.3. The van der Waals surface area contributed by atoms with Crippen LogP contribution in [0.4, 0.5) is 10.2 Å². The molecule has 2 aromatic heterocycles. The average Bonchev–Trinajstić information content (AvgIpc) is 3.81. The number of pyridine rings is 1. The zero-order chi connectivity index (χ0) is 28.6. The van der Waals surface area contributed by atoms with E-state index in [0.717, 1.165) is 12.8 Å². The second-order valence-electron chi connectivity index (χ2n) is 10.5. The number of piperazine rings is 1. The van der Waals surface area contributed by atoms with Gasteiger partial charge in [-0.05, 0) is 55.5 Å². The molecule has 0 bridgehead atoms. The summed E-state index contributed by atoms with van der Waals surface area (Å²) in [6.45, 7) is 5.08. The van der Waals surface area contributed by atoms with Gasteiger partial charge in [0.25, 0.3) is 0 Å². The number of benzene rings is 1. The number of halogens is 2. The van der Waals surface area contributed by atoms with Gasteiger partial charge in [-0.1, -0.05) is 42.7 Å². The highest BCUT2D eigenvalue weighted by atomic mass is 35.5. The van der Waals surface area contributed by atoms with E-state index in [1.165, 1.54) is 16.7 Å². The summed E-state index contributed by atoms with van der Waals surface area (Å²) in [5, 5.41) is 16.8. The first-order valence-corrected chi connectivity index (χ1v) is 14.0. The maximum absolute atomic E-state index is 13.9. The number of anilines is 1. The molecule has 2 aliphatic rings. The zero-order valence-corrected chi connectivity index (χ0v) is 23.5. The smallest absolute Gasteiger partial charge is 0.349 e. The Morgan fingerprint density at radius 2 is 1.82 bits per heavy atom. The van der Waals surface area contributed by atoms with Gasteiger partial charge in [0, 0.05) is 38.1 Å². The van der Waals surface area contributed by atoms with Crippen LogP contribution in [-0.4, -0.2) is 61.6 Å². The summed E-state index contributed by atoms with van der Waals surface area (Å²) in [5.41, 5.74) is 1.48. The van der Waals surface area contributed by atoms with Crippen molar-refractivity contribution in [1.29, 1.82) is 0 Å². The maximum atomic E-state index is 13.9. The lowest BCUT2D eigenvalue weighted by Crippen LogP contribution is -2.61. The summed E-state index contributed by atoms with van der Waals surface area (Å²) in [6, 6.07) is 8.60. The van der Waals surface area contributed by atoms with Gasteiger partial charge in [-0.15, -0.1) is 0 Å². The van der Waals surface area contributed by atoms with Crippen LogP contribution in [0, 0.1) is 11.7 Å². The molecule has 1 unspecified atom stereocenters. The Morgan fingerprint density at radius 1 is 1.12 bits per heavy atom. The van der Waals surface area contributed by atoms with Crippen molar-refractivity contribution < 1.29 is 14.4 Å². The van der Waals surface area contributed by atoms with Crippen molar-refractivity contribution in [3.63, 3.8) is 0 Å². The molecule has 1 amide bonds. The van der Waals surface area contributed by atoms with Crippen LogP contribution in [0.3, 0.4) is 0 Å². The molecule has 0 radical (unpaired) electrons. The van der Waals surface area contributed by atoms with Gasteiger partial charge in [-0.2, -0.15) is 4.98 Å². The first kappa shape index (κ1) is 28.0. The molecular weight excluding hydrogens is 537 g/mol. The van der Waals surface area contributed by atoms with Gasteiger partial charge in [0.05, 0.1) is 11.6 Å². The molecule has 1 aliphatic carbocycles. The minimum Gasteiger partial charge on any atom is -0.409 e. The molecule has 10 nitrogen and oxygen atoms in total. The van der Waals surface area contributed by atoms with Crippen LogP contribution in [0.2, 0.25) is 5.15 Å². The number of hydrogen-bond acceptors (Lipinski definition) is 8. The molecule has 212 valence electrons. The molecule has 2 fully saturated rings. The van der Waals surface area contributed by atoms with Crippen molar-refractivity contribution in [1.82, 2.24) is 24.8 Å². The fraction of sp³-hybridized carbons (Fsp3) is 0.464. The lowest BCUT2D eigenvalue weighted by molar-refractivity contribution is -0.121. The Bertz CT molecular complexity index is 1490. The summed E-state index contributed by atoms with van der Waals surface area (Å²) in [4.78, 5) is 38.8. The van der Waals surface area contributed by atoms with Crippen molar-refractivity contribution in [2.45, 2.75) is 57.7 Å². The largest absolute Gasteiger partial charge is 0.409 e. The van der Waals surface area contributed by atoms with E-state index in [4.69, 9.17) is 11.6 Å². The molecule has 40 heavy (non-hydrogen) atoms. The Kier molecular flexibility index (Phi) is 8.04. The quantitative estimate of drug-likeness (QED) is 0.146. The Morgan fingerprint density at radius 3 is 2.45 bits per heavy atom. The molecule has 5 rings (SSSR count). The van der Waals surface area contributed by atoms with Crippen molar-refractivity contribution in [3.05, 3.63) is 63.4 Å². The van der Waals surface area contributed by atoms with E-state index in [-0.39, 0.29) is 35.6 Å². The van der Waals surface area contributed by atoms with Crippen LogP contribution in [0.1, 0.15) is 51.1 Å². The van der Waals surface area contributed by atoms with Crippen molar-refractivity contribution in [2.24, 2.45) is 18.1 Å². The summed E-state index contributed by atoms with van der Waals surface area (Å²) in [6.07, 6.45) is 3.02. The number of carbonyl (C=O) groups is 1. The Hall–Kier alpha value is -3.57. The highest BCUT2D eigenvalue weighted by Crippen LogP contribution is 2.35. The standard InChI is InChI=1S/C28H33ClFN7O3/c1-4-19-15-37(26-23-21(12-13-22(29)31-23)35(3)28(39)33-26)20(5-2)14-36(19)24(16-8-10-18(30)11-9-16)25(34-40)32-27(38)17-6-7-17/h8-13,17,19-20,24,40H,4-7,14-15H2,1-3H3,(H,32,34,38)/t19-,20+,24?/m1/s1. The molecule has 3 aromatic rings. The molecule has 1 saturated heterocycles. The highest BCUT2D eigenvalue weighted by Gasteiger charge is 2.41. The number of fused-ring (bicyclic) bond motifs is 1. The fourth-order valence-electron chi connectivity index (χ4n) is 5.52. The van der Waals surface area contributed by atoms with Gasteiger partial charge in [-0.25, -0.2) is 14.2 Å². The molecule has 1 aliphatic heterocycles. The second kappa shape index (κ2) is 11.5. The number of nitrogens with zero attached hydrogens (tertiary/aromatic N) is 6. The molecule has 3 heterocycles. The summed E-state index contributed by atoms with van der Waals surface area (Å²) in [7, 11) is 1.65. The van der Waals surface area contributed by atoms with Gasteiger partial charge in [0.2, 0.25) is 5.91 Å². The van der Waals surface area contributed by atoms with E-state index >= 15 is 0 Å². The monoisotopic (exact) mass is 569 g/mol. The SMILES string of the molecule is CC[C@H]1CN(C(/C(=N\O)NC(=O)C2CC2)c2ccc(F)cc2)[C@H](CC)CN1c1nc(=O)n(C)c2ccc(Cl)nc12. The molecule has 3 atom stereocenters. The zero-order valence-electron chi connectivity index (χ0n) is 22.7. The van der Waals surface area contributed by atoms with Gasteiger partial charge < -0.3 is 15.4 Å². The number of carbonyl (C=O) groups excluding carboxylic acids is 1. The van der Waals surface area contributed by atoms with Crippen LogP contribution in [-0.2, 0) is 11.8 Å². The average molecular weight is 570 g/mol. The van der Waals surface area contributed by atoms with Crippen LogP contribution >= 0.6 is 11.6 Å². The lowest BCUT2D eigenvalue weighted by Gasteiger charge is -2.49. The van der Waals surface area contributed by atoms with Crippen molar-refractivity contribution in [2.75, 3.05) is 18.0 Å². The Labute approximate surface area is 236 Å². The lowest BCUT2D eigenvalue weighted by atomic mass is 9.95. The fourth-order valence-corrected chi connectivity index (χ4v) is 5.67. The number of aryl methyl sites for hydroxylation is 1. The van der Waals surface area contributed by atoms with Crippen LogP contribution in [0.5, 0.6) is 0 Å². The summed E-state index contributed by atoms with van der Waals surface area (Å²) >= 11 is 6.26. The van der Waals surface area contributed by atoms with E-state index in [9.17, 15) is 19.2 Å². The summed E-state index contributed by atoms with van der Waals surface area (Å²) in [5.74, 6) is -0.0764. The van der Waals surface area contributed by atoms with Gasteiger partial charge in [0.1, 0.15) is 16.5 Å². The predicted molar refractivity (Wildman–Crippen MR) is 151 cm³/mol. The number of amidine groups is 1. The van der Waals surface area contributed by atoms with Crippen molar-refractivity contribution in [3.8, 4) is 0 Å². The molecule has 1 saturated carbocycles. The van der Waals surface area contributed by atoms with E-state index < -0.39 is 11.7 Å². The number of oxime groups is 1. The molecule has 0 spiro atoms. The minimum atomic E-state index is -0.629. The normalized spacial score (nSPS) is 21.0. The third-order valence-corrected chi connectivity index (χ3v) is 8.15. The van der Waals surface area contributed by atoms with Crippen LogP contribution in [0.15, 0.2) is 46.3 Å². The Balaban J connectivity index is 1.56. The number of aromatic nitrogens is 3. The van der Waals surface area contributed by atoms with E-state index in [1.807, 2.05) is 6.92 Å². The molecule has 1 aromatic carbocycles. The van der Waals surface area contributed by atoms with Crippen molar-refractivity contribution >= 4 is 40.2 Å². The molecular formula is C28H33ClFN7O3. The van der Waals surface area contributed by atoms with Gasteiger partial charge in [-0.3, -0.25) is 14.3 Å². The van der Waals surface area contributed by atoms with Crippen LogP contribution in [0.25, 0.3) is 11.0 Å². The predicted octanol–water partition coefficient (Wildman–Crippen LogP) is 3.86. The topological polar surface area (TPSA) is 116 Å². The van der Waals surface area contributed by atoms with Gasteiger partial charge in [0.15, 0.2) is 11.7 Å². The van der Waals surface area contributed by atoms with E-state index in [1.54, 1.807) is 31.3 Å². The molecule has 12 heteroatoms. The van der Waals surface area contributed by atoms with E-state index in [2.05, 4.69) is 37.2 Å².